The smallest absolute Gasteiger partial charge is 0.357 e. The molecule has 0 unspecified atom stereocenters. The SMILES string of the molecule is COC(=O)c1csc(Nc2cc(Br)ccc2OC)n1. The highest BCUT2D eigenvalue weighted by Gasteiger charge is 2.12. The fourth-order valence-electron chi connectivity index (χ4n) is 1.42. The second-order valence-corrected chi connectivity index (χ2v) is 5.27. The normalized spacial score (nSPS) is 10.1. The number of thiazole rings is 1. The largest absolute Gasteiger partial charge is 0.495 e. The van der Waals surface area contributed by atoms with Crippen molar-refractivity contribution in [3.05, 3.63) is 33.7 Å². The number of nitrogens with one attached hydrogen (secondary N) is 1. The number of nitrogens with zero attached hydrogens (tertiary/aromatic N) is 1. The first kappa shape index (κ1) is 13.8. The summed E-state index contributed by atoms with van der Waals surface area (Å²) in [5.41, 5.74) is 1.05. The number of hydrogen-bond acceptors (Lipinski definition) is 6. The van der Waals surface area contributed by atoms with Crippen LogP contribution in [0.25, 0.3) is 0 Å². The molecule has 0 fully saturated rings. The van der Waals surface area contributed by atoms with Crippen LogP contribution >= 0.6 is 27.3 Å². The Hall–Kier alpha value is -1.60. The van der Waals surface area contributed by atoms with Crippen molar-refractivity contribution in [2.75, 3.05) is 19.5 Å². The van der Waals surface area contributed by atoms with E-state index in [9.17, 15) is 4.79 Å². The minimum absolute atomic E-state index is 0.281. The second kappa shape index (κ2) is 6.03. The number of rotatable bonds is 4. The molecule has 2 rings (SSSR count). The third-order valence-electron chi connectivity index (χ3n) is 2.30. The number of esters is 1. The Morgan fingerprint density at radius 3 is 2.89 bits per heavy atom. The van der Waals surface area contributed by atoms with Crippen LogP contribution in [-0.2, 0) is 4.74 Å². The van der Waals surface area contributed by atoms with E-state index in [-0.39, 0.29) is 5.69 Å². The fourth-order valence-corrected chi connectivity index (χ4v) is 2.48. The quantitative estimate of drug-likeness (QED) is 0.862. The monoisotopic (exact) mass is 342 g/mol. The lowest BCUT2D eigenvalue weighted by atomic mass is 10.3. The molecule has 0 amide bonds. The summed E-state index contributed by atoms with van der Waals surface area (Å²) in [5.74, 6) is 0.239. The van der Waals surface area contributed by atoms with Gasteiger partial charge in [-0.1, -0.05) is 15.9 Å². The number of hydrogen-bond donors (Lipinski definition) is 1. The number of halogens is 1. The fraction of sp³-hybridized carbons (Fsp3) is 0.167. The average Bonchev–Trinajstić information content (AvgIpc) is 2.86. The van der Waals surface area contributed by atoms with Gasteiger partial charge in [-0.15, -0.1) is 11.3 Å². The van der Waals surface area contributed by atoms with Gasteiger partial charge in [0.1, 0.15) is 5.75 Å². The first-order chi connectivity index (χ1) is 9.13. The van der Waals surface area contributed by atoms with Crippen molar-refractivity contribution in [1.29, 1.82) is 0 Å². The van der Waals surface area contributed by atoms with Gasteiger partial charge in [0.05, 0.1) is 19.9 Å². The number of methoxy groups -OCH3 is 2. The molecule has 0 aliphatic heterocycles. The van der Waals surface area contributed by atoms with Crippen LogP contribution in [0.4, 0.5) is 10.8 Å². The van der Waals surface area contributed by atoms with Crippen LogP contribution in [0.5, 0.6) is 5.75 Å². The van der Waals surface area contributed by atoms with Crippen molar-refractivity contribution in [2.24, 2.45) is 0 Å². The molecule has 5 nitrogen and oxygen atoms in total. The van der Waals surface area contributed by atoms with Gasteiger partial charge in [-0.25, -0.2) is 9.78 Å². The maximum atomic E-state index is 11.3. The summed E-state index contributed by atoms with van der Waals surface area (Å²) >= 11 is 4.71. The van der Waals surface area contributed by atoms with E-state index in [0.717, 1.165) is 10.2 Å². The predicted octanol–water partition coefficient (Wildman–Crippen LogP) is 3.44. The van der Waals surface area contributed by atoms with Crippen molar-refractivity contribution in [1.82, 2.24) is 4.98 Å². The highest BCUT2D eigenvalue weighted by molar-refractivity contribution is 9.10. The van der Waals surface area contributed by atoms with E-state index >= 15 is 0 Å². The van der Waals surface area contributed by atoms with Crippen LogP contribution in [0.3, 0.4) is 0 Å². The zero-order valence-corrected chi connectivity index (χ0v) is 12.7. The lowest BCUT2D eigenvalue weighted by Crippen LogP contribution is -2.01. The maximum absolute atomic E-state index is 11.3. The Labute approximate surface area is 122 Å². The summed E-state index contributed by atoms with van der Waals surface area (Å²) < 4.78 is 10.8. The van der Waals surface area contributed by atoms with Crippen molar-refractivity contribution < 1.29 is 14.3 Å². The molecular formula is C12H11BrN2O3S. The van der Waals surface area contributed by atoms with Crippen molar-refractivity contribution in [2.45, 2.75) is 0 Å². The predicted molar refractivity (Wildman–Crippen MR) is 77.4 cm³/mol. The Balaban J connectivity index is 2.23. The zero-order valence-electron chi connectivity index (χ0n) is 10.3. The lowest BCUT2D eigenvalue weighted by Gasteiger charge is -2.09. The molecule has 0 spiro atoms. The molecule has 0 saturated heterocycles. The first-order valence-corrected chi connectivity index (χ1v) is 6.95. The van der Waals surface area contributed by atoms with E-state index in [1.807, 2.05) is 18.2 Å². The summed E-state index contributed by atoms with van der Waals surface area (Å²) in [4.78, 5) is 15.5. The van der Waals surface area contributed by atoms with Crippen LogP contribution in [0.2, 0.25) is 0 Å². The standard InChI is InChI=1S/C12H11BrN2O3S/c1-17-10-4-3-7(13)5-8(10)14-12-15-9(6-19-12)11(16)18-2/h3-6H,1-2H3,(H,14,15). The molecule has 2 aromatic rings. The van der Waals surface area contributed by atoms with Crippen molar-refractivity contribution in [3.8, 4) is 5.75 Å². The highest BCUT2D eigenvalue weighted by Crippen LogP contribution is 2.31. The number of aromatic nitrogens is 1. The van der Waals surface area contributed by atoms with Crippen LogP contribution < -0.4 is 10.1 Å². The topological polar surface area (TPSA) is 60.5 Å². The molecule has 1 aromatic carbocycles. The van der Waals surface area contributed by atoms with E-state index in [1.54, 1.807) is 12.5 Å². The summed E-state index contributed by atoms with van der Waals surface area (Å²) in [6.07, 6.45) is 0. The Morgan fingerprint density at radius 2 is 2.21 bits per heavy atom. The molecule has 0 saturated carbocycles. The Kier molecular flexibility index (Phi) is 4.39. The molecule has 7 heteroatoms. The Morgan fingerprint density at radius 1 is 1.42 bits per heavy atom. The van der Waals surface area contributed by atoms with E-state index in [4.69, 9.17) is 4.74 Å². The molecule has 1 aromatic heterocycles. The van der Waals surface area contributed by atoms with Crippen LogP contribution in [-0.4, -0.2) is 25.2 Å². The van der Waals surface area contributed by atoms with Gasteiger partial charge in [-0.05, 0) is 18.2 Å². The molecule has 1 N–H and O–H groups in total. The molecule has 100 valence electrons. The van der Waals surface area contributed by atoms with Gasteiger partial charge in [0.15, 0.2) is 10.8 Å². The summed E-state index contributed by atoms with van der Waals surface area (Å²) in [6, 6.07) is 5.59. The van der Waals surface area contributed by atoms with Crippen LogP contribution in [0.1, 0.15) is 10.5 Å². The number of carbonyl (C=O) groups is 1. The number of ether oxygens (including phenoxy) is 2. The number of anilines is 2. The Bertz CT molecular complexity index is 600. The summed E-state index contributed by atoms with van der Waals surface area (Å²) in [7, 11) is 2.92. The molecule has 0 aliphatic carbocycles. The van der Waals surface area contributed by atoms with E-state index in [0.29, 0.717) is 10.9 Å². The molecule has 0 radical (unpaired) electrons. The minimum atomic E-state index is -0.453. The maximum Gasteiger partial charge on any atom is 0.357 e. The summed E-state index contributed by atoms with van der Waals surface area (Å²) in [5, 5.41) is 5.34. The minimum Gasteiger partial charge on any atom is -0.495 e. The second-order valence-electron chi connectivity index (χ2n) is 3.50. The zero-order chi connectivity index (χ0) is 13.8. The average molecular weight is 343 g/mol. The number of benzene rings is 1. The summed E-state index contributed by atoms with van der Waals surface area (Å²) in [6.45, 7) is 0. The van der Waals surface area contributed by atoms with Gasteiger partial charge in [-0.2, -0.15) is 0 Å². The van der Waals surface area contributed by atoms with Gasteiger partial charge < -0.3 is 14.8 Å². The van der Waals surface area contributed by atoms with Gasteiger partial charge in [-0.3, -0.25) is 0 Å². The van der Waals surface area contributed by atoms with Crippen LogP contribution in [0.15, 0.2) is 28.1 Å². The third-order valence-corrected chi connectivity index (χ3v) is 3.55. The lowest BCUT2D eigenvalue weighted by molar-refractivity contribution is 0.0595. The molecule has 0 bridgehead atoms. The molecule has 0 atom stereocenters. The van der Waals surface area contributed by atoms with Gasteiger partial charge in [0.2, 0.25) is 0 Å². The molecule has 1 heterocycles. The third kappa shape index (κ3) is 3.24. The highest BCUT2D eigenvalue weighted by atomic mass is 79.9. The van der Waals surface area contributed by atoms with E-state index in [1.165, 1.54) is 18.4 Å². The van der Waals surface area contributed by atoms with Crippen LogP contribution in [0, 0.1) is 0 Å². The first-order valence-electron chi connectivity index (χ1n) is 5.28. The van der Waals surface area contributed by atoms with Gasteiger partial charge in [0, 0.05) is 9.85 Å². The van der Waals surface area contributed by atoms with Crippen molar-refractivity contribution >= 4 is 44.1 Å². The van der Waals surface area contributed by atoms with E-state index < -0.39 is 5.97 Å². The van der Waals surface area contributed by atoms with Gasteiger partial charge >= 0.3 is 5.97 Å². The molecule has 19 heavy (non-hydrogen) atoms. The molecule has 0 aliphatic rings. The van der Waals surface area contributed by atoms with E-state index in [2.05, 4.69) is 31.0 Å². The number of carbonyl (C=O) groups excluding carboxylic acids is 1. The molecular weight excluding hydrogens is 332 g/mol. The van der Waals surface area contributed by atoms with Gasteiger partial charge in [0.25, 0.3) is 0 Å². The van der Waals surface area contributed by atoms with Crippen molar-refractivity contribution in [3.63, 3.8) is 0 Å².